The van der Waals surface area contributed by atoms with E-state index in [4.69, 9.17) is 9.47 Å². The van der Waals surface area contributed by atoms with Gasteiger partial charge in [-0.1, -0.05) is 6.07 Å². The van der Waals surface area contributed by atoms with Crippen LogP contribution in [0.4, 0.5) is 0 Å². The molecule has 1 fully saturated rings. The zero-order valence-corrected chi connectivity index (χ0v) is 11.8. The van der Waals surface area contributed by atoms with Crippen LogP contribution in [0.5, 0.6) is 0 Å². The molecule has 0 atom stereocenters. The highest BCUT2D eigenvalue weighted by atomic mass is 16.7. The summed E-state index contributed by atoms with van der Waals surface area (Å²) in [6.45, 7) is 1.21. The van der Waals surface area contributed by atoms with Crippen LogP contribution in [0, 0.1) is 0 Å². The molecule has 3 aromatic rings. The molecule has 1 aliphatic rings. The summed E-state index contributed by atoms with van der Waals surface area (Å²) >= 11 is 0. The minimum absolute atomic E-state index is 0.367. The zero-order valence-electron chi connectivity index (χ0n) is 11.8. The molecule has 6 nitrogen and oxygen atoms in total. The van der Waals surface area contributed by atoms with Crippen LogP contribution < -0.4 is 0 Å². The third kappa shape index (κ3) is 2.49. The molecule has 0 aromatic carbocycles. The molecule has 0 radical (unpaired) electrons. The first-order valence-electron chi connectivity index (χ1n) is 7.06. The van der Waals surface area contributed by atoms with Crippen molar-refractivity contribution in [3.05, 3.63) is 60.8 Å². The zero-order chi connectivity index (χ0) is 14.8. The van der Waals surface area contributed by atoms with Crippen molar-refractivity contribution in [2.75, 3.05) is 13.2 Å². The molecule has 0 bridgehead atoms. The molecule has 4 heterocycles. The second-order valence-electron chi connectivity index (χ2n) is 4.91. The second kappa shape index (κ2) is 5.67. The standard InChI is InChI=1S/C16H14N4O2/c1-4-14(19-15(5-1)16-21-7-8-22-16)12-9-18-20(11-12)13-3-2-6-17-10-13/h1-6,9-11,16H,7-8H2. The average molecular weight is 294 g/mol. The van der Waals surface area contributed by atoms with Crippen molar-refractivity contribution in [1.29, 1.82) is 0 Å². The monoisotopic (exact) mass is 294 g/mol. The van der Waals surface area contributed by atoms with Crippen molar-refractivity contribution >= 4 is 0 Å². The third-order valence-electron chi connectivity index (χ3n) is 3.42. The Balaban J connectivity index is 1.65. The Morgan fingerprint density at radius 1 is 1.05 bits per heavy atom. The quantitative estimate of drug-likeness (QED) is 0.742. The topological polar surface area (TPSA) is 62.1 Å². The van der Waals surface area contributed by atoms with Gasteiger partial charge in [-0.15, -0.1) is 0 Å². The van der Waals surface area contributed by atoms with E-state index in [1.54, 1.807) is 23.3 Å². The van der Waals surface area contributed by atoms with Gasteiger partial charge in [0.1, 0.15) is 0 Å². The summed E-state index contributed by atoms with van der Waals surface area (Å²) < 4.78 is 12.8. The summed E-state index contributed by atoms with van der Waals surface area (Å²) in [4.78, 5) is 8.71. The lowest BCUT2D eigenvalue weighted by Gasteiger charge is -2.09. The Labute approximate surface area is 127 Å². The summed E-state index contributed by atoms with van der Waals surface area (Å²) in [5, 5.41) is 4.36. The predicted octanol–water partition coefficient (Wildman–Crippen LogP) is 2.37. The van der Waals surface area contributed by atoms with Gasteiger partial charge in [0, 0.05) is 18.0 Å². The lowest BCUT2D eigenvalue weighted by molar-refractivity contribution is -0.0472. The van der Waals surface area contributed by atoms with E-state index in [1.165, 1.54) is 0 Å². The highest BCUT2D eigenvalue weighted by Crippen LogP contribution is 2.24. The molecule has 22 heavy (non-hydrogen) atoms. The number of hydrogen-bond donors (Lipinski definition) is 0. The van der Waals surface area contributed by atoms with Crippen molar-refractivity contribution in [2.24, 2.45) is 0 Å². The molecule has 0 spiro atoms. The van der Waals surface area contributed by atoms with E-state index in [-0.39, 0.29) is 6.29 Å². The first-order valence-corrected chi connectivity index (χ1v) is 7.06. The molecular formula is C16H14N4O2. The fraction of sp³-hybridized carbons (Fsp3) is 0.188. The van der Waals surface area contributed by atoms with Gasteiger partial charge in [-0.25, -0.2) is 9.67 Å². The smallest absolute Gasteiger partial charge is 0.201 e. The summed E-state index contributed by atoms with van der Waals surface area (Å²) in [5.74, 6) is 0. The van der Waals surface area contributed by atoms with E-state index in [1.807, 2.05) is 36.5 Å². The fourth-order valence-electron chi connectivity index (χ4n) is 2.36. The van der Waals surface area contributed by atoms with Crippen LogP contribution in [0.15, 0.2) is 55.1 Å². The van der Waals surface area contributed by atoms with E-state index < -0.39 is 0 Å². The van der Waals surface area contributed by atoms with E-state index in [0.29, 0.717) is 13.2 Å². The Bertz CT molecular complexity index is 767. The molecule has 0 amide bonds. The summed E-state index contributed by atoms with van der Waals surface area (Å²) in [6, 6.07) is 9.64. The van der Waals surface area contributed by atoms with Crippen molar-refractivity contribution in [3.8, 4) is 16.9 Å². The van der Waals surface area contributed by atoms with Crippen LogP contribution in [-0.2, 0) is 9.47 Å². The van der Waals surface area contributed by atoms with Crippen LogP contribution in [-0.4, -0.2) is 33.0 Å². The van der Waals surface area contributed by atoms with E-state index >= 15 is 0 Å². The van der Waals surface area contributed by atoms with Gasteiger partial charge in [-0.05, 0) is 24.3 Å². The fourth-order valence-corrected chi connectivity index (χ4v) is 2.36. The highest BCUT2D eigenvalue weighted by Gasteiger charge is 2.20. The lowest BCUT2D eigenvalue weighted by atomic mass is 10.2. The van der Waals surface area contributed by atoms with Gasteiger partial charge >= 0.3 is 0 Å². The molecule has 0 N–H and O–H groups in total. The van der Waals surface area contributed by atoms with Crippen molar-refractivity contribution in [2.45, 2.75) is 6.29 Å². The van der Waals surface area contributed by atoms with Gasteiger partial charge in [0.25, 0.3) is 0 Å². The largest absolute Gasteiger partial charge is 0.345 e. The molecular weight excluding hydrogens is 280 g/mol. The minimum atomic E-state index is -0.367. The first-order chi connectivity index (χ1) is 10.9. The number of aromatic nitrogens is 4. The summed E-state index contributed by atoms with van der Waals surface area (Å²) in [6.07, 6.45) is 6.85. The Morgan fingerprint density at radius 3 is 2.77 bits per heavy atom. The number of ether oxygens (including phenoxy) is 2. The van der Waals surface area contributed by atoms with Crippen LogP contribution in [0.2, 0.25) is 0 Å². The van der Waals surface area contributed by atoms with Gasteiger partial charge in [-0.2, -0.15) is 5.10 Å². The molecule has 0 unspecified atom stereocenters. The average Bonchev–Trinajstić information content (AvgIpc) is 3.28. The van der Waals surface area contributed by atoms with Crippen molar-refractivity contribution in [1.82, 2.24) is 19.7 Å². The molecule has 6 heteroatoms. The number of nitrogens with zero attached hydrogens (tertiary/aromatic N) is 4. The van der Waals surface area contributed by atoms with Crippen molar-refractivity contribution in [3.63, 3.8) is 0 Å². The third-order valence-corrected chi connectivity index (χ3v) is 3.42. The summed E-state index contributed by atoms with van der Waals surface area (Å²) in [5.41, 5.74) is 3.46. The van der Waals surface area contributed by atoms with Crippen LogP contribution in [0.25, 0.3) is 16.9 Å². The second-order valence-corrected chi connectivity index (χ2v) is 4.91. The predicted molar refractivity (Wildman–Crippen MR) is 79.2 cm³/mol. The molecule has 110 valence electrons. The van der Waals surface area contributed by atoms with Gasteiger partial charge in [0.2, 0.25) is 6.29 Å². The van der Waals surface area contributed by atoms with E-state index in [2.05, 4.69) is 15.1 Å². The number of pyridine rings is 2. The van der Waals surface area contributed by atoms with E-state index in [0.717, 1.165) is 22.6 Å². The maximum atomic E-state index is 5.49. The Kier molecular flexibility index (Phi) is 3.38. The Hall–Kier alpha value is -2.57. The highest BCUT2D eigenvalue weighted by molar-refractivity contribution is 5.57. The summed E-state index contributed by atoms with van der Waals surface area (Å²) in [7, 11) is 0. The molecule has 1 aliphatic heterocycles. The maximum Gasteiger partial charge on any atom is 0.201 e. The molecule has 0 saturated carbocycles. The number of rotatable bonds is 3. The van der Waals surface area contributed by atoms with Crippen LogP contribution >= 0.6 is 0 Å². The minimum Gasteiger partial charge on any atom is -0.345 e. The normalized spacial score (nSPS) is 15.3. The van der Waals surface area contributed by atoms with Crippen molar-refractivity contribution < 1.29 is 9.47 Å². The Morgan fingerprint density at radius 2 is 1.95 bits per heavy atom. The van der Waals surface area contributed by atoms with Crippen LogP contribution in [0.3, 0.4) is 0 Å². The number of hydrogen-bond acceptors (Lipinski definition) is 5. The van der Waals surface area contributed by atoms with Crippen LogP contribution in [0.1, 0.15) is 12.0 Å². The van der Waals surface area contributed by atoms with E-state index in [9.17, 15) is 0 Å². The molecule has 4 rings (SSSR count). The maximum absolute atomic E-state index is 5.49. The molecule has 3 aromatic heterocycles. The molecule has 1 saturated heterocycles. The SMILES string of the molecule is c1cncc(-n2cc(-c3cccc(C4OCCO4)n3)cn2)c1. The molecule has 0 aliphatic carbocycles. The van der Waals surface area contributed by atoms with Gasteiger partial charge < -0.3 is 9.47 Å². The first kappa shape index (κ1) is 13.1. The van der Waals surface area contributed by atoms with Gasteiger partial charge in [0.05, 0.1) is 42.7 Å². The lowest BCUT2D eigenvalue weighted by Crippen LogP contribution is -2.01. The van der Waals surface area contributed by atoms with Gasteiger partial charge in [0.15, 0.2) is 0 Å². The van der Waals surface area contributed by atoms with Gasteiger partial charge in [-0.3, -0.25) is 4.98 Å².